The lowest BCUT2D eigenvalue weighted by atomic mass is 10.0. The zero-order chi connectivity index (χ0) is 20.3. The number of amides is 3. The third-order valence-corrected chi connectivity index (χ3v) is 3.48. The number of carboxylic acid groups (broad SMARTS) is 1. The molecule has 0 aliphatic heterocycles. The van der Waals surface area contributed by atoms with E-state index in [1.807, 2.05) is 13.8 Å². The van der Waals surface area contributed by atoms with Gasteiger partial charge in [-0.1, -0.05) is 13.8 Å². The van der Waals surface area contributed by atoms with E-state index in [9.17, 15) is 24.0 Å². The Kier molecular flexibility index (Phi) is 10.8. The van der Waals surface area contributed by atoms with Gasteiger partial charge in [-0.25, -0.2) is 0 Å². The fourth-order valence-corrected chi connectivity index (χ4v) is 2.11. The van der Waals surface area contributed by atoms with Crippen molar-refractivity contribution in [3.8, 4) is 0 Å². The summed E-state index contributed by atoms with van der Waals surface area (Å²) in [6.07, 6.45) is 1.46. The zero-order valence-electron chi connectivity index (χ0n) is 15.0. The molecule has 0 fully saturated rings. The summed E-state index contributed by atoms with van der Waals surface area (Å²) >= 11 is 0. The fourth-order valence-electron chi connectivity index (χ4n) is 2.11. The zero-order valence-corrected chi connectivity index (χ0v) is 15.0. The molecule has 1 radical (unpaired) electrons. The van der Waals surface area contributed by atoms with Gasteiger partial charge in [-0.15, -0.1) is 0 Å². The van der Waals surface area contributed by atoms with Gasteiger partial charge in [0.05, 0.1) is 12.1 Å². The van der Waals surface area contributed by atoms with Gasteiger partial charge in [-0.3, -0.25) is 24.0 Å². The number of carbonyl (C=O) groups excluding carboxylic acids is 4. The van der Waals surface area contributed by atoms with Gasteiger partial charge in [0.1, 0.15) is 6.04 Å². The third-order valence-electron chi connectivity index (χ3n) is 3.48. The normalized spacial score (nSPS) is 14.2. The van der Waals surface area contributed by atoms with Crippen LogP contribution in [0.5, 0.6) is 0 Å². The van der Waals surface area contributed by atoms with Crippen molar-refractivity contribution in [2.24, 2.45) is 17.4 Å². The topological polar surface area (TPSA) is 182 Å². The molecule has 0 aromatic carbocycles. The second kappa shape index (κ2) is 12.0. The Morgan fingerprint density at radius 2 is 1.65 bits per heavy atom. The Morgan fingerprint density at radius 3 is 2.12 bits per heavy atom. The number of hydrogen-bond donors (Lipinski definition) is 5. The van der Waals surface area contributed by atoms with Crippen molar-refractivity contribution in [3.05, 3.63) is 0 Å². The molecule has 0 aromatic heterocycles. The maximum absolute atomic E-state index is 12.4. The van der Waals surface area contributed by atoms with E-state index >= 15 is 0 Å². The summed E-state index contributed by atoms with van der Waals surface area (Å²) < 4.78 is 0. The second-order valence-electron chi connectivity index (χ2n) is 6.41. The number of rotatable bonds is 13. The van der Waals surface area contributed by atoms with Crippen LogP contribution in [-0.2, 0) is 24.0 Å². The number of aliphatic carboxylic acids is 1. The van der Waals surface area contributed by atoms with Crippen molar-refractivity contribution in [3.63, 3.8) is 0 Å². The Balaban J connectivity index is 4.86. The van der Waals surface area contributed by atoms with E-state index in [2.05, 4.69) is 10.6 Å². The molecular weight excluding hydrogens is 344 g/mol. The van der Waals surface area contributed by atoms with E-state index < -0.39 is 41.8 Å². The third kappa shape index (κ3) is 10.4. The summed E-state index contributed by atoms with van der Waals surface area (Å²) in [6.45, 7) is 3.68. The van der Waals surface area contributed by atoms with E-state index in [0.29, 0.717) is 0 Å². The smallest absolute Gasteiger partial charge is 0.303 e. The van der Waals surface area contributed by atoms with Crippen LogP contribution in [0, 0.1) is 5.92 Å². The predicted molar refractivity (Wildman–Crippen MR) is 92.3 cm³/mol. The van der Waals surface area contributed by atoms with Crippen LogP contribution >= 0.6 is 0 Å². The lowest BCUT2D eigenvalue weighted by Crippen LogP contribution is -2.54. The highest BCUT2D eigenvalue weighted by Crippen LogP contribution is 2.07. The van der Waals surface area contributed by atoms with Crippen molar-refractivity contribution in [1.29, 1.82) is 0 Å². The van der Waals surface area contributed by atoms with Crippen LogP contribution in [0.3, 0.4) is 0 Å². The summed E-state index contributed by atoms with van der Waals surface area (Å²) in [4.78, 5) is 56.7. The van der Waals surface area contributed by atoms with Gasteiger partial charge < -0.3 is 27.2 Å². The van der Waals surface area contributed by atoms with Crippen LogP contribution < -0.4 is 22.1 Å². The van der Waals surface area contributed by atoms with Crippen LogP contribution in [0.2, 0.25) is 0 Å². The van der Waals surface area contributed by atoms with E-state index in [1.165, 1.54) is 0 Å². The molecule has 0 aromatic rings. The van der Waals surface area contributed by atoms with Crippen LogP contribution in [0.25, 0.3) is 0 Å². The Morgan fingerprint density at radius 1 is 1.04 bits per heavy atom. The fraction of sp³-hybridized carbons (Fsp3) is 0.688. The lowest BCUT2D eigenvalue weighted by molar-refractivity contribution is -0.137. The van der Waals surface area contributed by atoms with Crippen LogP contribution in [0.1, 0.15) is 46.0 Å². The van der Waals surface area contributed by atoms with E-state index in [4.69, 9.17) is 16.6 Å². The van der Waals surface area contributed by atoms with Crippen molar-refractivity contribution in [1.82, 2.24) is 10.6 Å². The molecule has 3 atom stereocenters. The number of hydrogen-bond acceptors (Lipinski definition) is 6. The van der Waals surface area contributed by atoms with Crippen LogP contribution in [0.4, 0.5) is 0 Å². The van der Waals surface area contributed by atoms with E-state index in [0.717, 1.165) is 0 Å². The molecule has 0 saturated heterocycles. The van der Waals surface area contributed by atoms with Crippen LogP contribution in [0.15, 0.2) is 0 Å². The molecule has 10 heteroatoms. The van der Waals surface area contributed by atoms with Crippen molar-refractivity contribution < 1.29 is 29.1 Å². The van der Waals surface area contributed by atoms with Crippen LogP contribution in [-0.4, -0.2) is 53.2 Å². The maximum Gasteiger partial charge on any atom is 0.303 e. The molecule has 10 nitrogen and oxygen atoms in total. The quantitative estimate of drug-likeness (QED) is 0.263. The molecule has 0 bridgehead atoms. The molecule has 0 unspecified atom stereocenters. The summed E-state index contributed by atoms with van der Waals surface area (Å²) in [7, 11) is 0. The summed E-state index contributed by atoms with van der Waals surface area (Å²) in [5.74, 6) is -2.92. The van der Waals surface area contributed by atoms with Gasteiger partial charge in [-0.2, -0.15) is 0 Å². The molecule has 0 aliphatic rings. The van der Waals surface area contributed by atoms with Crippen molar-refractivity contribution in [2.45, 2.75) is 64.1 Å². The molecule has 26 heavy (non-hydrogen) atoms. The average molecular weight is 371 g/mol. The molecule has 0 spiro atoms. The number of nitrogens with one attached hydrogen (secondary N) is 2. The first-order chi connectivity index (χ1) is 12.1. The molecule has 147 valence electrons. The first-order valence-electron chi connectivity index (χ1n) is 8.30. The molecule has 0 saturated carbocycles. The van der Waals surface area contributed by atoms with Gasteiger partial charge in [0, 0.05) is 12.8 Å². The Bertz CT molecular complexity index is 523. The Hall–Kier alpha value is -2.49. The van der Waals surface area contributed by atoms with Gasteiger partial charge in [0.2, 0.25) is 24.0 Å². The number of primary amides is 1. The first kappa shape index (κ1) is 23.5. The van der Waals surface area contributed by atoms with E-state index in [-0.39, 0.29) is 38.0 Å². The Labute approximate surface area is 152 Å². The summed E-state index contributed by atoms with van der Waals surface area (Å²) in [5.41, 5.74) is 10.6. The van der Waals surface area contributed by atoms with Gasteiger partial charge in [0.25, 0.3) is 0 Å². The van der Waals surface area contributed by atoms with Gasteiger partial charge in [-0.05, 0) is 25.2 Å². The standard InChI is InChI=1S/C16H27N4O6/c1-9(2)7-12(20-15(25)11(17)4-6-14(23)24)16(26)19-10(8-21)3-5-13(18)22/h9-12H,3-7,17H2,1-2H3,(H2,18,22)(H,19,26)(H,20,25)(H,23,24)/t10-,11-,12-/m0/s1. The molecule has 0 aliphatic carbocycles. The minimum Gasteiger partial charge on any atom is -0.481 e. The minimum absolute atomic E-state index is 0.00500. The number of nitrogens with two attached hydrogens (primary N) is 2. The highest BCUT2D eigenvalue weighted by molar-refractivity contribution is 5.91. The monoisotopic (exact) mass is 371 g/mol. The second-order valence-corrected chi connectivity index (χ2v) is 6.41. The first-order valence-corrected chi connectivity index (χ1v) is 8.30. The minimum atomic E-state index is -1.08. The van der Waals surface area contributed by atoms with E-state index in [1.54, 1.807) is 6.29 Å². The number of carboxylic acids is 1. The molecular formula is C16H27N4O6. The van der Waals surface area contributed by atoms with Gasteiger partial charge >= 0.3 is 5.97 Å². The molecule has 7 N–H and O–H groups in total. The molecule has 3 amide bonds. The molecule has 0 rings (SSSR count). The lowest BCUT2D eigenvalue weighted by Gasteiger charge is -2.23. The average Bonchev–Trinajstić information content (AvgIpc) is 2.54. The predicted octanol–water partition coefficient (Wildman–Crippen LogP) is -1.43. The highest BCUT2D eigenvalue weighted by atomic mass is 16.4. The SMILES string of the molecule is CC(C)C[C@H](NC(=O)[C@@H](N)CCC(=O)O)C(=O)N[C@H]([C]=O)CCC(N)=O. The molecule has 0 heterocycles. The van der Waals surface area contributed by atoms with Crippen molar-refractivity contribution >= 4 is 30.0 Å². The summed E-state index contributed by atoms with van der Waals surface area (Å²) in [5, 5.41) is 13.5. The largest absolute Gasteiger partial charge is 0.481 e. The number of carbonyl (C=O) groups is 4. The highest BCUT2D eigenvalue weighted by Gasteiger charge is 2.26. The van der Waals surface area contributed by atoms with Gasteiger partial charge in [0.15, 0.2) is 0 Å². The van der Waals surface area contributed by atoms with Crippen molar-refractivity contribution in [2.75, 3.05) is 0 Å². The summed E-state index contributed by atoms with van der Waals surface area (Å²) in [6, 6.07) is -3.05. The maximum atomic E-state index is 12.4.